The molecule has 3 aromatic heterocycles. The first kappa shape index (κ1) is 18.3. The molecule has 0 aliphatic heterocycles. The number of fused-ring (bicyclic) bond motifs is 1. The third-order valence-electron chi connectivity index (χ3n) is 4.27. The minimum Gasteiger partial charge on any atom is -0.482 e. The Morgan fingerprint density at radius 2 is 2.30 bits per heavy atom. The molecule has 7 nitrogen and oxygen atoms in total. The van der Waals surface area contributed by atoms with Gasteiger partial charge in [-0.15, -0.1) is 0 Å². The molecule has 1 aliphatic rings. The number of pyridine rings is 2. The summed E-state index contributed by atoms with van der Waals surface area (Å²) in [5.74, 6) is 1.84. The van der Waals surface area contributed by atoms with E-state index in [1.807, 2.05) is 18.3 Å². The first-order valence-electron chi connectivity index (χ1n) is 8.69. The van der Waals surface area contributed by atoms with Crippen molar-refractivity contribution in [2.45, 2.75) is 31.8 Å². The highest BCUT2D eigenvalue weighted by atomic mass is 79.9. The number of aromatic nitrogens is 4. The molecule has 1 aliphatic carbocycles. The van der Waals surface area contributed by atoms with Gasteiger partial charge in [0.15, 0.2) is 11.6 Å². The maximum absolute atomic E-state index is 9.02. The third-order valence-corrected chi connectivity index (χ3v) is 5.37. The first-order chi connectivity index (χ1) is 13.2. The number of nitrogens with zero attached hydrogens (tertiary/aromatic N) is 4. The van der Waals surface area contributed by atoms with Crippen LogP contribution in [0.4, 0.5) is 10.9 Å². The quantitative estimate of drug-likeness (QED) is 0.592. The van der Waals surface area contributed by atoms with E-state index in [0.29, 0.717) is 28.9 Å². The molecule has 0 bridgehead atoms. The van der Waals surface area contributed by atoms with Crippen molar-refractivity contribution in [3.8, 4) is 5.75 Å². The number of hydrogen-bond acceptors (Lipinski definition) is 8. The van der Waals surface area contributed by atoms with Gasteiger partial charge in [-0.1, -0.05) is 6.07 Å². The minimum atomic E-state index is -0.0570. The predicted octanol–water partition coefficient (Wildman–Crippen LogP) is 3.83. The fourth-order valence-electron chi connectivity index (χ4n) is 3.05. The Balaban J connectivity index is 1.58. The lowest BCUT2D eigenvalue weighted by Crippen LogP contribution is -2.17. The fourth-order valence-corrected chi connectivity index (χ4v) is 3.97. The number of ether oxygens (including phenoxy) is 1. The normalized spacial score (nSPS) is 16.0. The van der Waals surface area contributed by atoms with Gasteiger partial charge < -0.3 is 15.2 Å². The van der Waals surface area contributed by atoms with E-state index in [9.17, 15) is 0 Å². The molecular formula is C18H18BrN5O2S. The molecule has 2 N–H and O–H groups in total. The molecule has 0 radical (unpaired) electrons. The topological polar surface area (TPSA) is 93.1 Å². The van der Waals surface area contributed by atoms with E-state index in [1.165, 1.54) is 11.5 Å². The molecule has 9 heteroatoms. The lowest BCUT2D eigenvalue weighted by molar-refractivity contribution is 0.182. The van der Waals surface area contributed by atoms with Crippen molar-refractivity contribution < 1.29 is 9.84 Å². The molecule has 3 heterocycles. The second-order valence-electron chi connectivity index (χ2n) is 6.15. The second kappa shape index (κ2) is 8.28. The molecule has 3 aromatic rings. The number of nitrogens with one attached hydrogen (secondary N) is 1. The summed E-state index contributed by atoms with van der Waals surface area (Å²) in [7, 11) is 0. The van der Waals surface area contributed by atoms with Crippen molar-refractivity contribution in [1.29, 1.82) is 0 Å². The Bertz CT molecular complexity index is 936. The summed E-state index contributed by atoms with van der Waals surface area (Å²) in [5.41, 5.74) is 2.24. The standard InChI is InChI=1S/C18H18BrN5O2S/c19-11-9-15(26-14-5-1-4-13-12(14)3-2-7-20-13)17(21-10-11)23-18-22-16(6-8-25)24-27-18/h2-3,7,9-10,14,25H,1,4-6,8H2,(H,21,22,23,24). The zero-order valence-electron chi connectivity index (χ0n) is 14.4. The van der Waals surface area contributed by atoms with Gasteiger partial charge in [-0.05, 0) is 47.3 Å². The van der Waals surface area contributed by atoms with Crippen LogP contribution in [0.3, 0.4) is 0 Å². The lowest BCUT2D eigenvalue weighted by Gasteiger charge is -2.26. The van der Waals surface area contributed by atoms with Crippen LogP contribution in [0.1, 0.15) is 36.0 Å². The van der Waals surface area contributed by atoms with Gasteiger partial charge in [0.25, 0.3) is 0 Å². The molecule has 0 saturated heterocycles. The minimum absolute atomic E-state index is 0.0240. The smallest absolute Gasteiger partial charge is 0.208 e. The zero-order valence-corrected chi connectivity index (χ0v) is 16.8. The second-order valence-corrected chi connectivity index (χ2v) is 7.82. The SMILES string of the molecule is OCCc1nsc(Nc2ncc(Br)cc2OC2CCCc3ncccc32)n1. The van der Waals surface area contributed by atoms with Crippen molar-refractivity contribution in [2.75, 3.05) is 11.9 Å². The van der Waals surface area contributed by atoms with Gasteiger partial charge in [0, 0.05) is 46.1 Å². The van der Waals surface area contributed by atoms with E-state index in [4.69, 9.17) is 9.84 Å². The monoisotopic (exact) mass is 447 g/mol. The summed E-state index contributed by atoms with van der Waals surface area (Å²) >= 11 is 4.70. The molecule has 27 heavy (non-hydrogen) atoms. The van der Waals surface area contributed by atoms with Crippen LogP contribution < -0.4 is 10.1 Å². The summed E-state index contributed by atoms with van der Waals surface area (Å²) in [4.78, 5) is 13.3. The molecule has 0 fully saturated rings. The van der Waals surface area contributed by atoms with Crippen molar-refractivity contribution in [1.82, 2.24) is 19.3 Å². The number of anilines is 2. The van der Waals surface area contributed by atoms with Crippen LogP contribution in [0, 0.1) is 0 Å². The van der Waals surface area contributed by atoms with Crippen LogP contribution in [0.5, 0.6) is 5.75 Å². The summed E-state index contributed by atoms with van der Waals surface area (Å²) in [6, 6.07) is 5.93. The van der Waals surface area contributed by atoms with Gasteiger partial charge in [-0.3, -0.25) is 4.98 Å². The maximum Gasteiger partial charge on any atom is 0.208 e. The van der Waals surface area contributed by atoms with Crippen molar-refractivity contribution in [3.05, 3.63) is 52.1 Å². The van der Waals surface area contributed by atoms with E-state index in [1.54, 1.807) is 6.20 Å². The van der Waals surface area contributed by atoms with Crippen LogP contribution in [0.2, 0.25) is 0 Å². The van der Waals surface area contributed by atoms with E-state index >= 15 is 0 Å². The highest BCUT2D eigenvalue weighted by molar-refractivity contribution is 9.10. The number of aryl methyl sites for hydroxylation is 1. The molecule has 0 saturated carbocycles. The van der Waals surface area contributed by atoms with Gasteiger partial charge in [0.05, 0.1) is 6.61 Å². The summed E-state index contributed by atoms with van der Waals surface area (Å²) < 4.78 is 11.4. The summed E-state index contributed by atoms with van der Waals surface area (Å²) in [5, 5.41) is 12.8. The molecule has 4 rings (SSSR count). The highest BCUT2D eigenvalue weighted by Crippen LogP contribution is 2.37. The number of rotatable bonds is 6. The summed E-state index contributed by atoms with van der Waals surface area (Å²) in [6.45, 7) is 0.0240. The Hall–Kier alpha value is -2.10. The largest absolute Gasteiger partial charge is 0.482 e. The average Bonchev–Trinajstić information content (AvgIpc) is 3.12. The number of aliphatic hydroxyl groups excluding tert-OH is 1. The molecule has 0 amide bonds. The Morgan fingerprint density at radius 3 is 3.19 bits per heavy atom. The van der Waals surface area contributed by atoms with E-state index in [-0.39, 0.29) is 12.7 Å². The van der Waals surface area contributed by atoms with E-state index < -0.39 is 0 Å². The highest BCUT2D eigenvalue weighted by Gasteiger charge is 2.24. The number of aliphatic hydroxyl groups is 1. The number of halogens is 1. The molecule has 0 aromatic carbocycles. The van der Waals surface area contributed by atoms with Crippen molar-refractivity contribution in [2.24, 2.45) is 0 Å². The summed E-state index contributed by atoms with van der Waals surface area (Å²) in [6.07, 6.45) is 6.87. The van der Waals surface area contributed by atoms with Crippen LogP contribution in [-0.4, -0.2) is 31.0 Å². The van der Waals surface area contributed by atoms with E-state index in [2.05, 4.69) is 46.6 Å². The van der Waals surface area contributed by atoms with Crippen LogP contribution >= 0.6 is 27.5 Å². The molecule has 0 spiro atoms. The van der Waals surface area contributed by atoms with Crippen molar-refractivity contribution >= 4 is 38.4 Å². The van der Waals surface area contributed by atoms with Gasteiger partial charge >= 0.3 is 0 Å². The molecule has 1 atom stereocenters. The van der Waals surface area contributed by atoms with Crippen molar-refractivity contribution in [3.63, 3.8) is 0 Å². The van der Waals surface area contributed by atoms with Gasteiger partial charge in [-0.25, -0.2) is 9.97 Å². The third kappa shape index (κ3) is 4.26. The zero-order chi connectivity index (χ0) is 18.6. The molecular weight excluding hydrogens is 430 g/mol. The van der Waals surface area contributed by atoms with Gasteiger partial charge in [-0.2, -0.15) is 4.37 Å². The Labute approximate surface area is 169 Å². The van der Waals surface area contributed by atoms with Gasteiger partial charge in [0.1, 0.15) is 11.9 Å². The van der Waals surface area contributed by atoms with E-state index in [0.717, 1.165) is 35.0 Å². The van der Waals surface area contributed by atoms with Crippen LogP contribution in [0.15, 0.2) is 35.1 Å². The number of hydrogen-bond donors (Lipinski definition) is 2. The Morgan fingerprint density at radius 1 is 1.37 bits per heavy atom. The first-order valence-corrected chi connectivity index (χ1v) is 10.3. The predicted molar refractivity (Wildman–Crippen MR) is 106 cm³/mol. The molecule has 1 unspecified atom stereocenters. The molecule has 140 valence electrons. The van der Waals surface area contributed by atoms with Crippen LogP contribution in [-0.2, 0) is 12.8 Å². The van der Waals surface area contributed by atoms with Gasteiger partial charge in [0.2, 0.25) is 5.13 Å². The average molecular weight is 448 g/mol. The lowest BCUT2D eigenvalue weighted by atomic mass is 9.93. The maximum atomic E-state index is 9.02. The Kier molecular flexibility index (Phi) is 5.61. The van der Waals surface area contributed by atoms with Crippen LogP contribution in [0.25, 0.3) is 0 Å². The fraction of sp³-hybridized carbons (Fsp3) is 0.333.